The van der Waals surface area contributed by atoms with Crippen LogP contribution in [0.1, 0.15) is 16.1 Å². The lowest BCUT2D eigenvalue weighted by atomic mass is 10.2. The van der Waals surface area contributed by atoms with E-state index in [0.29, 0.717) is 33.8 Å². The Balaban J connectivity index is 1.43. The minimum absolute atomic E-state index is 0.0122. The van der Waals surface area contributed by atoms with Gasteiger partial charge < -0.3 is 24.5 Å². The molecule has 3 aromatic carbocycles. The minimum atomic E-state index is -0.869. The Kier molecular flexibility index (Phi) is 4.99. The quantitative estimate of drug-likeness (QED) is 0.489. The van der Waals surface area contributed by atoms with Crippen molar-refractivity contribution in [3.05, 3.63) is 84.1 Å². The molecule has 4 aromatic rings. The molecule has 1 atom stereocenters. The molecule has 0 unspecified atom stereocenters. The van der Waals surface area contributed by atoms with Crippen molar-refractivity contribution in [2.24, 2.45) is 0 Å². The Hall–Kier alpha value is -4.26. The van der Waals surface area contributed by atoms with Crippen LogP contribution in [0, 0.1) is 6.92 Å². The van der Waals surface area contributed by atoms with Gasteiger partial charge >= 0.3 is 0 Å². The van der Waals surface area contributed by atoms with Crippen molar-refractivity contribution < 1.29 is 23.5 Å². The van der Waals surface area contributed by atoms with Crippen LogP contribution < -0.4 is 20.1 Å². The van der Waals surface area contributed by atoms with Gasteiger partial charge in [0.25, 0.3) is 11.8 Å². The molecule has 1 aromatic heterocycles. The van der Waals surface area contributed by atoms with E-state index in [4.69, 9.17) is 13.9 Å². The van der Waals surface area contributed by atoms with Gasteiger partial charge in [-0.1, -0.05) is 36.4 Å². The van der Waals surface area contributed by atoms with E-state index in [1.165, 1.54) is 0 Å². The molecule has 2 amide bonds. The molecule has 1 aliphatic heterocycles. The van der Waals surface area contributed by atoms with Gasteiger partial charge in [0.1, 0.15) is 17.9 Å². The van der Waals surface area contributed by atoms with Crippen LogP contribution >= 0.6 is 0 Å². The van der Waals surface area contributed by atoms with Crippen LogP contribution in [0.2, 0.25) is 0 Å². The second-order valence-electron chi connectivity index (χ2n) is 7.48. The standard InChI is InChI=1S/C25H20N2O5/c1-15-7-6-8-16(13-15)26-25(29)23-22(17-9-2-3-10-18(17)32-23)27-24(28)21-14-30-19-11-4-5-12-20(19)31-21/h2-13,21H,14H2,1H3,(H,26,29)(H,27,28)/t21-/m0/s1. The highest BCUT2D eigenvalue weighted by atomic mass is 16.6. The zero-order valence-corrected chi connectivity index (χ0v) is 17.3. The van der Waals surface area contributed by atoms with E-state index in [9.17, 15) is 9.59 Å². The third-order valence-corrected chi connectivity index (χ3v) is 5.13. The van der Waals surface area contributed by atoms with Gasteiger partial charge in [-0.2, -0.15) is 0 Å². The average molecular weight is 428 g/mol. The summed E-state index contributed by atoms with van der Waals surface area (Å²) in [4.78, 5) is 26.0. The first-order valence-electron chi connectivity index (χ1n) is 10.2. The molecule has 32 heavy (non-hydrogen) atoms. The van der Waals surface area contributed by atoms with Crippen molar-refractivity contribution in [3.8, 4) is 11.5 Å². The van der Waals surface area contributed by atoms with Gasteiger partial charge in [-0.15, -0.1) is 0 Å². The Morgan fingerprint density at radius 2 is 1.69 bits per heavy atom. The number of furan rings is 1. The monoisotopic (exact) mass is 428 g/mol. The summed E-state index contributed by atoms with van der Waals surface area (Å²) in [6.45, 7) is 2.00. The van der Waals surface area contributed by atoms with Gasteiger partial charge in [0.15, 0.2) is 11.5 Å². The minimum Gasteiger partial charge on any atom is -0.485 e. The molecule has 7 heteroatoms. The first kappa shape index (κ1) is 19.7. The van der Waals surface area contributed by atoms with Crippen molar-refractivity contribution in [2.45, 2.75) is 13.0 Å². The molecule has 2 heterocycles. The van der Waals surface area contributed by atoms with E-state index in [1.54, 1.807) is 42.5 Å². The highest BCUT2D eigenvalue weighted by Crippen LogP contribution is 2.34. The normalized spacial score (nSPS) is 14.7. The van der Waals surface area contributed by atoms with Crippen LogP contribution in [0.25, 0.3) is 11.0 Å². The second kappa shape index (κ2) is 8.11. The number of carbonyl (C=O) groups is 2. The third kappa shape index (κ3) is 3.76. The van der Waals surface area contributed by atoms with E-state index in [2.05, 4.69) is 10.6 Å². The molecule has 0 bridgehead atoms. The molecule has 0 saturated carbocycles. The summed E-state index contributed by atoms with van der Waals surface area (Å²) >= 11 is 0. The Morgan fingerprint density at radius 1 is 0.906 bits per heavy atom. The number of nitrogens with one attached hydrogen (secondary N) is 2. The van der Waals surface area contributed by atoms with Crippen LogP contribution in [-0.2, 0) is 4.79 Å². The lowest BCUT2D eigenvalue weighted by molar-refractivity contribution is -0.125. The number of aryl methyl sites for hydroxylation is 1. The fourth-order valence-electron chi connectivity index (χ4n) is 3.59. The van der Waals surface area contributed by atoms with E-state index >= 15 is 0 Å². The highest BCUT2D eigenvalue weighted by molar-refractivity contribution is 6.15. The molecule has 2 N–H and O–H groups in total. The van der Waals surface area contributed by atoms with E-state index in [-0.39, 0.29) is 12.4 Å². The molecule has 1 aliphatic rings. The van der Waals surface area contributed by atoms with Gasteiger partial charge in [0, 0.05) is 11.1 Å². The van der Waals surface area contributed by atoms with Crippen LogP contribution in [0.3, 0.4) is 0 Å². The largest absolute Gasteiger partial charge is 0.485 e. The summed E-state index contributed by atoms with van der Waals surface area (Å²) in [5.41, 5.74) is 2.42. The lowest BCUT2D eigenvalue weighted by Gasteiger charge is -2.25. The second-order valence-corrected chi connectivity index (χ2v) is 7.48. The number of ether oxygens (including phenoxy) is 2. The Morgan fingerprint density at radius 3 is 2.53 bits per heavy atom. The number of hydrogen-bond acceptors (Lipinski definition) is 5. The zero-order chi connectivity index (χ0) is 22.1. The number of benzene rings is 3. The number of hydrogen-bond donors (Lipinski definition) is 2. The number of rotatable bonds is 4. The molecule has 0 spiro atoms. The van der Waals surface area contributed by atoms with Crippen molar-refractivity contribution in [1.29, 1.82) is 0 Å². The van der Waals surface area contributed by atoms with Crippen molar-refractivity contribution >= 4 is 34.2 Å². The predicted octanol–water partition coefficient (Wildman–Crippen LogP) is 4.77. The van der Waals surface area contributed by atoms with Crippen LogP contribution in [0.5, 0.6) is 11.5 Å². The highest BCUT2D eigenvalue weighted by Gasteiger charge is 2.30. The zero-order valence-electron chi connectivity index (χ0n) is 17.3. The molecule has 0 saturated heterocycles. The maximum atomic E-state index is 13.0. The molecule has 0 radical (unpaired) electrons. The predicted molar refractivity (Wildman–Crippen MR) is 120 cm³/mol. The van der Waals surface area contributed by atoms with Crippen LogP contribution in [-0.4, -0.2) is 24.5 Å². The Labute approximate surface area is 183 Å². The summed E-state index contributed by atoms with van der Waals surface area (Å²) in [7, 11) is 0. The molecule has 0 fully saturated rings. The van der Waals surface area contributed by atoms with Crippen molar-refractivity contribution in [1.82, 2.24) is 0 Å². The Bertz CT molecular complexity index is 1330. The number of para-hydroxylation sites is 3. The molecular weight excluding hydrogens is 408 g/mol. The fraction of sp³-hybridized carbons (Fsp3) is 0.120. The smallest absolute Gasteiger partial charge is 0.293 e. The van der Waals surface area contributed by atoms with Gasteiger partial charge in [-0.25, -0.2) is 0 Å². The average Bonchev–Trinajstić information content (AvgIpc) is 3.17. The summed E-state index contributed by atoms with van der Waals surface area (Å²) in [6, 6.07) is 21.7. The van der Waals surface area contributed by atoms with E-state index < -0.39 is 17.9 Å². The summed E-state index contributed by atoms with van der Waals surface area (Å²) in [6.07, 6.45) is -0.869. The van der Waals surface area contributed by atoms with E-state index in [0.717, 1.165) is 5.56 Å². The van der Waals surface area contributed by atoms with Gasteiger partial charge in [0.2, 0.25) is 11.9 Å². The van der Waals surface area contributed by atoms with Crippen molar-refractivity contribution in [3.63, 3.8) is 0 Å². The first-order valence-corrected chi connectivity index (χ1v) is 10.2. The van der Waals surface area contributed by atoms with Crippen molar-refractivity contribution in [2.75, 3.05) is 17.2 Å². The molecule has 160 valence electrons. The number of anilines is 2. The topological polar surface area (TPSA) is 89.8 Å². The SMILES string of the molecule is Cc1cccc(NC(=O)c2oc3ccccc3c2NC(=O)[C@@H]2COc3ccccc3O2)c1. The summed E-state index contributed by atoms with van der Waals surface area (Å²) in [5.74, 6) is 0.194. The number of amides is 2. The summed E-state index contributed by atoms with van der Waals surface area (Å²) < 4.78 is 17.2. The maximum absolute atomic E-state index is 13.0. The number of fused-ring (bicyclic) bond motifs is 2. The maximum Gasteiger partial charge on any atom is 0.293 e. The van der Waals surface area contributed by atoms with Gasteiger partial charge in [-0.3, -0.25) is 9.59 Å². The van der Waals surface area contributed by atoms with Crippen LogP contribution in [0.15, 0.2) is 77.2 Å². The first-order chi connectivity index (χ1) is 15.6. The molecule has 7 nitrogen and oxygen atoms in total. The fourth-order valence-corrected chi connectivity index (χ4v) is 3.59. The van der Waals surface area contributed by atoms with Gasteiger partial charge in [-0.05, 0) is 48.9 Å². The van der Waals surface area contributed by atoms with Crippen LogP contribution in [0.4, 0.5) is 11.4 Å². The summed E-state index contributed by atoms with van der Waals surface area (Å²) in [5, 5.41) is 6.26. The molecule has 0 aliphatic carbocycles. The lowest BCUT2D eigenvalue weighted by Crippen LogP contribution is -2.40. The molecule has 5 rings (SSSR count). The molecular formula is C25H20N2O5. The van der Waals surface area contributed by atoms with Gasteiger partial charge in [0.05, 0.1) is 0 Å². The van der Waals surface area contributed by atoms with E-state index in [1.807, 2.05) is 37.3 Å². The third-order valence-electron chi connectivity index (χ3n) is 5.13. The number of carbonyl (C=O) groups excluding carboxylic acids is 2.